The van der Waals surface area contributed by atoms with E-state index in [0.717, 1.165) is 34.3 Å². The van der Waals surface area contributed by atoms with Gasteiger partial charge in [0, 0.05) is 41.0 Å². The first-order chi connectivity index (χ1) is 10.5. The number of rotatable bonds is 4. The van der Waals surface area contributed by atoms with Crippen LogP contribution in [-0.4, -0.2) is 19.6 Å². The van der Waals surface area contributed by atoms with Crippen LogP contribution in [0, 0.1) is 27.7 Å². The second kappa shape index (κ2) is 5.78. The number of nitrogens with one attached hydrogen (secondary N) is 1. The Morgan fingerprint density at radius 2 is 2.05 bits per heavy atom. The molecule has 0 unspecified atom stereocenters. The fourth-order valence-electron chi connectivity index (χ4n) is 2.69. The van der Waals surface area contributed by atoms with Crippen LogP contribution in [0.15, 0.2) is 12.3 Å². The minimum Gasteiger partial charge on any atom is -0.305 e. The normalized spacial score (nSPS) is 13.0. The lowest BCUT2D eigenvalue weighted by Gasteiger charge is -2.16. The fourth-order valence-corrected chi connectivity index (χ4v) is 3.58. The van der Waals surface area contributed by atoms with Crippen molar-refractivity contribution in [1.82, 2.24) is 24.9 Å². The van der Waals surface area contributed by atoms with E-state index >= 15 is 0 Å². The van der Waals surface area contributed by atoms with Crippen LogP contribution in [-0.2, 0) is 6.54 Å². The van der Waals surface area contributed by atoms with Gasteiger partial charge >= 0.3 is 0 Å². The van der Waals surface area contributed by atoms with Crippen LogP contribution in [0.1, 0.15) is 45.5 Å². The predicted molar refractivity (Wildman–Crippen MR) is 89.3 cm³/mol. The lowest BCUT2D eigenvalue weighted by molar-refractivity contribution is 0.567. The number of nitrogens with zero attached hydrogens (tertiary/aromatic N) is 4. The van der Waals surface area contributed by atoms with Crippen molar-refractivity contribution in [2.24, 2.45) is 0 Å². The van der Waals surface area contributed by atoms with E-state index in [1.165, 1.54) is 10.4 Å². The van der Waals surface area contributed by atoms with Crippen LogP contribution in [0.25, 0.3) is 5.65 Å². The second-order valence-corrected chi connectivity index (χ2v) is 6.99. The zero-order valence-corrected chi connectivity index (χ0v) is 14.5. The van der Waals surface area contributed by atoms with Gasteiger partial charge in [0.1, 0.15) is 0 Å². The van der Waals surface area contributed by atoms with Gasteiger partial charge in [0.05, 0.1) is 16.4 Å². The molecule has 0 amide bonds. The van der Waals surface area contributed by atoms with Crippen LogP contribution >= 0.6 is 11.3 Å². The highest BCUT2D eigenvalue weighted by atomic mass is 32.1. The molecule has 0 saturated heterocycles. The molecular weight excluding hydrogens is 294 g/mol. The first-order valence-electron chi connectivity index (χ1n) is 7.44. The van der Waals surface area contributed by atoms with Crippen molar-refractivity contribution < 1.29 is 0 Å². The minimum absolute atomic E-state index is 0.211. The summed E-state index contributed by atoms with van der Waals surface area (Å²) in [6.45, 7) is 11.2. The Kier molecular flexibility index (Phi) is 3.97. The van der Waals surface area contributed by atoms with Gasteiger partial charge in [-0.25, -0.2) is 14.5 Å². The maximum Gasteiger partial charge on any atom is 0.155 e. The average molecular weight is 315 g/mol. The number of hydrogen-bond donors (Lipinski definition) is 1. The molecule has 0 aliphatic heterocycles. The van der Waals surface area contributed by atoms with Crippen molar-refractivity contribution in [1.29, 1.82) is 0 Å². The summed E-state index contributed by atoms with van der Waals surface area (Å²) in [5.74, 6) is 0. The number of hydrogen-bond acceptors (Lipinski definition) is 5. The third-order valence-electron chi connectivity index (χ3n) is 3.92. The number of aryl methyl sites for hydroxylation is 4. The molecule has 22 heavy (non-hydrogen) atoms. The molecule has 0 radical (unpaired) electrons. The van der Waals surface area contributed by atoms with Crippen LogP contribution in [0.2, 0.25) is 0 Å². The summed E-state index contributed by atoms with van der Waals surface area (Å²) in [4.78, 5) is 10.3. The summed E-state index contributed by atoms with van der Waals surface area (Å²) in [6.07, 6.45) is 1.95. The molecule has 0 aliphatic carbocycles. The molecule has 3 aromatic rings. The molecule has 0 aliphatic rings. The van der Waals surface area contributed by atoms with Crippen molar-refractivity contribution in [3.63, 3.8) is 0 Å². The van der Waals surface area contributed by atoms with Crippen molar-refractivity contribution in [2.45, 2.75) is 47.2 Å². The largest absolute Gasteiger partial charge is 0.305 e. The third kappa shape index (κ3) is 2.76. The number of aromatic nitrogens is 4. The molecule has 116 valence electrons. The number of thiazole rings is 1. The maximum atomic E-state index is 4.51. The quantitative estimate of drug-likeness (QED) is 0.803. The van der Waals surface area contributed by atoms with E-state index in [1.54, 1.807) is 11.3 Å². The highest BCUT2D eigenvalue weighted by molar-refractivity contribution is 7.11. The molecule has 0 bridgehead atoms. The van der Waals surface area contributed by atoms with Crippen LogP contribution in [0.4, 0.5) is 0 Å². The zero-order valence-electron chi connectivity index (χ0n) is 13.6. The van der Waals surface area contributed by atoms with Crippen LogP contribution in [0.5, 0.6) is 0 Å². The van der Waals surface area contributed by atoms with Crippen LogP contribution < -0.4 is 5.32 Å². The Morgan fingerprint density at radius 3 is 2.73 bits per heavy atom. The molecule has 3 aromatic heterocycles. The van der Waals surface area contributed by atoms with Gasteiger partial charge in [-0.15, -0.1) is 11.3 Å². The molecule has 0 spiro atoms. The molecule has 0 aromatic carbocycles. The number of fused-ring (bicyclic) bond motifs is 1. The molecule has 5 nitrogen and oxygen atoms in total. The zero-order chi connectivity index (χ0) is 15.9. The van der Waals surface area contributed by atoms with Gasteiger partial charge in [-0.05, 0) is 34.6 Å². The standard InChI is InChI=1S/C16H21N5S/c1-9-6-16-18-7-14(12(4)21(16)20-9)10(2)17-8-15-11(3)19-13(5)22-15/h6-7,10,17H,8H2,1-5H3/t10-/m0/s1. The van der Waals surface area contributed by atoms with Crippen molar-refractivity contribution >= 4 is 17.0 Å². The third-order valence-corrected chi connectivity index (χ3v) is 4.99. The molecule has 3 heterocycles. The predicted octanol–water partition coefficient (Wildman–Crippen LogP) is 3.27. The van der Waals surface area contributed by atoms with E-state index in [0.29, 0.717) is 0 Å². The van der Waals surface area contributed by atoms with Gasteiger partial charge in [-0.2, -0.15) is 5.10 Å². The average Bonchev–Trinajstić information content (AvgIpc) is 2.99. The molecule has 3 rings (SSSR count). The lowest BCUT2D eigenvalue weighted by Crippen LogP contribution is -2.20. The van der Waals surface area contributed by atoms with E-state index in [4.69, 9.17) is 0 Å². The summed E-state index contributed by atoms with van der Waals surface area (Å²) in [6, 6.07) is 2.21. The summed E-state index contributed by atoms with van der Waals surface area (Å²) in [5, 5.41) is 9.20. The smallest absolute Gasteiger partial charge is 0.155 e. The second-order valence-electron chi connectivity index (χ2n) is 5.70. The van der Waals surface area contributed by atoms with Crippen molar-refractivity contribution in [3.05, 3.63) is 44.8 Å². The van der Waals surface area contributed by atoms with Gasteiger partial charge in [0.15, 0.2) is 5.65 Å². The van der Waals surface area contributed by atoms with E-state index in [2.05, 4.69) is 41.2 Å². The summed E-state index contributed by atoms with van der Waals surface area (Å²) in [5.41, 5.74) is 5.32. The highest BCUT2D eigenvalue weighted by Gasteiger charge is 2.14. The van der Waals surface area contributed by atoms with Gasteiger partial charge < -0.3 is 5.32 Å². The molecule has 6 heteroatoms. The Bertz CT molecular complexity index is 817. The lowest BCUT2D eigenvalue weighted by atomic mass is 10.1. The Labute approximate surface area is 134 Å². The van der Waals surface area contributed by atoms with E-state index < -0.39 is 0 Å². The van der Waals surface area contributed by atoms with E-state index in [1.807, 2.05) is 30.6 Å². The van der Waals surface area contributed by atoms with E-state index in [-0.39, 0.29) is 6.04 Å². The SMILES string of the molecule is Cc1cc2ncc([C@H](C)NCc3sc(C)nc3C)c(C)n2n1. The monoisotopic (exact) mass is 315 g/mol. The molecule has 1 atom stereocenters. The topological polar surface area (TPSA) is 55.1 Å². The molecule has 0 saturated carbocycles. The Hall–Kier alpha value is -1.79. The van der Waals surface area contributed by atoms with E-state index in [9.17, 15) is 0 Å². The summed E-state index contributed by atoms with van der Waals surface area (Å²) >= 11 is 1.75. The van der Waals surface area contributed by atoms with Crippen molar-refractivity contribution in [3.8, 4) is 0 Å². The first-order valence-corrected chi connectivity index (χ1v) is 8.25. The van der Waals surface area contributed by atoms with Crippen molar-refractivity contribution in [2.75, 3.05) is 0 Å². The van der Waals surface area contributed by atoms with Gasteiger partial charge in [-0.3, -0.25) is 0 Å². The fraction of sp³-hybridized carbons (Fsp3) is 0.438. The maximum absolute atomic E-state index is 4.51. The van der Waals surface area contributed by atoms with Gasteiger partial charge in [-0.1, -0.05) is 0 Å². The van der Waals surface area contributed by atoms with Gasteiger partial charge in [0.25, 0.3) is 0 Å². The highest BCUT2D eigenvalue weighted by Crippen LogP contribution is 2.21. The molecule has 0 fully saturated rings. The summed E-state index contributed by atoms with van der Waals surface area (Å²) < 4.78 is 1.92. The minimum atomic E-state index is 0.211. The Morgan fingerprint density at radius 1 is 1.27 bits per heavy atom. The van der Waals surface area contributed by atoms with Gasteiger partial charge in [0.2, 0.25) is 0 Å². The molecular formula is C16H21N5S. The first kappa shape index (κ1) is 15.1. The van der Waals surface area contributed by atoms with Crippen LogP contribution in [0.3, 0.4) is 0 Å². The Balaban J connectivity index is 1.81. The summed E-state index contributed by atoms with van der Waals surface area (Å²) in [7, 11) is 0. The molecule has 1 N–H and O–H groups in total.